The van der Waals surface area contributed by atoms with Gasteiger partial charge in [-0.3, -0.25) is 4.79 Å². The Kier molecular flexibility index (Phi) is 4.72. The molecule has 1 fully saturated rings. The van der Waals surface area contributed by atoms with Crippen molar-refractivity contribution in [1.29, 1.82) is 0 Å². The van der Waals surface area contributed by atoms with Gasteiger partial charge in [-0.1, -0.05) is 28.1 Å². The number of amides is 1. The van der Waals surface area contributed by atoms with Crippen LogP contribution in [0.15, 0.2) is 24.3 Å². The van der Waals surface area contributed by atoms with Crippen LogP contribution < -0.4 is 0 Å². The van der Waals surface area contributed by atoms with Crippen molar-refractivity contribution in [2.45, 2.75) is 12.5 Å². The minimum atomic E-state index is -0.306. The van der Waals surface area contributed by atoms with Gasteiger partial charge in [0.15, 0.2) is 0 Å². The Morgan fingerprint density at radius 2 is 2.39 bits per heavy atom. The van der Waals surface area contributed by atoms with Gasteiger partial charge in [0.05, 0.1) is 25.7 Å². The van der Waals surface area contributed by atoms with E-state index in [0.29, 0.717) is 30.7 Å². The lowest BCUT2D eigenvalue weighted by Gasteiger charge is -2.34. The predicted molar refractivity (Wildman–Crippen MR) is 70.2 cm³/mol. The van der Waals surface area contributed by atoms with Gasteiger partial charge in [0.25, 0.3) is 0 Å². The third-order valence-corrected chi connectivity index (χ3v) is 3.72. The van der Waals surface area contributed by atoms with Gasteiger partial charge >= 0.3 is 0 Å². The van der Waals surface area contributed by atoms with Crippen molar-refractivity contribution in [3.8, 4) is 0 Å². The Bertz CT molecular complexity index is 427. The lowest BCUT2D eigenvalue weighted by atomic mass is 10.1. The van der Waals surface area contributed by atoms with Crippen molar-refractivity contribution in [1.82, 2.24) is 4.90 Å². The van der Waals surface area contributed by atoms with E-state index in [1.165, 1.54) is 12.1 Å². The fourth-order valence-electron chi connectivity index (χ4n) is 2.03. The minimum Gasteiger partial charge on any atom is -0.377 e. The van der Waals surface area contributed by atoms with E-state index in [1.54, 1.807) is 12.1 Å². The first-order valence-corrected chi connectivity index (χ1v) is 7.00. The standard InChI is InChI=1S/C13H15BrFNO2/c14-8-12-9-18-5-4-16(12)13(17)7-10-2-1-3-11(15)6-10/h1-3,6,12H,4-5,7-9H2. The van der Waals surface area contributed by atoms with Gasteiger partial charge in [-0.25, -0.2) is 4.39 Å². The highest BCUT2D eigenvalue weighted by Crippen LogP contribution is 2.13. The Morgan fingerprint density at radius 1 is 1.56 bits per heavy atom. The molecule has 1 heterocycles. The number of hydrogen-bond acceptors (Lipinski definition) is 2. The van der Waals surface area contributed by atoms with Crippen LogP contribution in [0.25, 0.3) is 0 Å². The number of hydrogen-bond donors (Lipinski definition) is 0. The highest BCUT2D eigenvalue weighted by atomic mass is 79.9. The molecule has 1 unspecified atom stereocenters. The van der Waals surface area contributed by atoms with Gasteiger partial charge in [-0.05, 0) is 17.7 Å². The summed E-state index contributed by atoms with van der Waals surface area (Å²) in [6, 6.07) is 6.25. The summed E-state index contributed by atoms with van der Waals surface area (Å²) in [5, 5.41) is 0.696. The summed E-state index contributed by atoms with van der Waals surface area (Å²) in [6.07, 6.45) is 0.237. The normalized spacial score (nSPS) is 19.9. The van der Waals surface area contributed by atoms with Gasteiger partial charge in [0.1, 0.15) is 5.82 Å². The summed E-state index contributed by atoms with van der Waals surface area (Å²) in [7, 11) is 0. The third-order valence-electron chi connectivity index (χ3n) is 2.97. The molecule has 0 spiro atoms. The number of nitrogens with zero attached hydrogens (tertiary/aromatic N) is 1. The molecule has 2 rings (SSSR count). The maximum absolute atomic E-state index is 13.1. The summed E-state index contributed by atoms with van der Waals surface area (Å²) < 4.78 is 18.4. The van der Waals surface area contributed by atoms with Crippen molar-refractivity contribution >= 4 is 21.8 Å². The minimum absolute atomic E-state index is 0.0216. The smallest absolute Gasteiger partial charge is 0.227 e. The van der Waals surface area contributed by atoms with E-state index < -0.39 is 0 Å². The molecule has 1 atom stereocenters. The van der Waals surface area contributed by atoms with E-state index in [0.717, 1.165) is 0 Å². The number of halogens is 2. The second-order valence-corrected chi connectivity index (χ2v) is 4.92. The van der Waals surface area contributed by atoms with Crippen LogP contribution in [0.1, 0.15) is 5.56 Å². The van der Waals surface area contributed by atoms with Crippen LogP contribution in [0, 0.1) is 5.82 Å². The Labute approximate surface area is 114 Å². The average Bonchev–Trinajstić information content (AvgIpc) is 2.38. The van der Waals surface area contributed by atoms with Crippen LogP contribution >= 0.6 is 15.9 Å². The zero-order valence-corrected chi connectivity index (χ0v) is 11.5. The zero-order valence-electron chi connectivity index (χ0n) is 9.94. The highest BCUT2D eigenvalue weighted by molar-refractivity contribution is 9.09. The fourth-order valence-corrected chi connectivity index (χ4v) is 2.57. The van der Waals surface area contributed by atoms with Gasteiger partial charge in [0, 0.05) is 11.9 Å². The molecular formula is C13H15BrFNO2. The number of morpholine rings is 1. The van der Waals surface area contributed by atoms with Crippen molar-refractivity contribution < 1.29 is 13.9 Å². The molecule has 3 nitrogen and oxygen atoms in total. The summed E-state index contributed by atoms with van der Waals surface area (Å²) in [6.45, 7) is 1.73. The van der Waals surface area contributed by atoms with Gasteiger partial charge in [0.2, 0.25) is 5.91 Å². The maximum Gasteiger partial charge on any atom is 0.227 e. The zero-order chi connectivity index (χ0) is 13.0. The third kappa shape index (κ3) is 3.29. The number of carbonyl (C=O) groups is 1. The molecule has 1 aromatic rings. The second kappa shape index (κ2) is 6.29. The molecule has 0 aliphatic carbocycles. The van der Waals surface area contributed by atoms with E-state index in [4.69, 9.17) is 4.74 Å². The van der Waals surface area contributed by atoms with Crippen LogP contribution in [0.2, 0.25) is 0 Å². The van der Waals surface area contributed by atoms with Gasteiger partial charge in [-0.15, -0.1) is 0 Å². The molecule has 5 heteroatoms. The van der Waals surface area contributed by atoms with Crippen LogP contribution in [-0.2, 0) is 16.0 Å². The van der Waals surface area contributed by atoms with Crippen LogP contribution in [0.5, 0.6) is 0 Å². The number of benzene rings is 1. The monoisotopic (exact) mass is 315 g/mol. The second-order valence-electron chi connectivity index (χ2n) is 4.28. The van der Waals surface area contributed by atoms with Crippen molar-refractivity contribution in [3.63, 3.8) is 0 Å². The van der Waals surface area contributed by atoms with Crippen molar-refractivity contribution in [2.24, 2.45) is 0 Å². The van der Waals surface area contributed by atoms with Crippen molar-refractivity contribution in [2.75, 3.05) is 25.1 Å². The molecule has 0 N–H and O–H groups in total. The molecule has 1 saturated heterocycles. The lowest BCUT2D eigenvalue weighted by molar-refractivity contribution is -0.138. The first-order chi connectivity index (χ1) is 8.70. The van der Waals surface area contributed by atoms with Crippen LogP contribution in [0.3, 0.4) is 0 Å². The summed E-state index contributed by atoms with van der Waals surface area (Å²) in [5.41, 5.74) is 0.708. The molecule has 1 amide bonds. The largest absolute Gasteiger partial charge is 0.377 e. The maximum atomic E-state index is 13.1. The number of ether oxygens (including phenoxy) is 1. The number of alkyl halides is 1. The van der Waals surface area contributed by atoms with Gasteiger partial charge in [-0.2, -0.15) is 0 Å². The van der Waals surface area contributed by atoms with E-state index >= 15 is 0 Å². The first-order valence-electron chi connectivity index (χ1n) is 5.88. The van der Waals surface area contributed by atoms with E-state index in [-0.39, 0.29) is 24.2 Å². The number of rotatable bonds is 3. The van der Waals surface area contributed by atoms with E-state index in [9.17, 15) is 9.18 Å². The van der Waals surface area contributed by atoms with Crippen LogP contribution in [-0.4, -0.2) is 41.9 Å². The van der Waals surface area contributed by atoms with Gasteiger partial charge < -0.3 is 9.64 Å². The molecule has 0 bridgehead atoms. The summed E-state index contributed by atoms with van der Waals surface area (Å²) in [5.74, 6) is -0.285. The molecule has 98 valence electrons. The molecule has 1 aliphatic rings. The van der Waals surface area contributed by atoms with Crippen molar-refractivity contribution in [3.05, 3.63) is 35.6 Å². The van der Waals surface area contributed by atoms with E-state index in [2.05, 4.69) is 15.9 Å². The fraction of sp³-hybridized carbons (Fsp3) is 0.462. The highest BCUT2D eigenvalue weighted by Gasteiger charge is 2.26. The van der Waals surface area contributed by atoms with Crippen LogP contribution in [0.4, 0.5) is 4.39 Å². The Hall–Kier alpha value is -0.940. The summed E-state index contributed by atoms with van der Waals surface area (Å²) >= 11 is 3.38. The summed E-state index contributed by atoms with van der Waals surface area (Å²) in [4.78, 5) is 14.0. The molecule has 1 aliphatic heterocycles. The first kappa shape index (κ1) is 13.5. The lowest BCUT2D eigenvalue weighted by Crippen LogP contribution is -2.50. The molecular weight excluding hydrogens is 301 g/mol. The van der Waals surface area contributed by atoms with E-state index in [1.807, 2.05) is 4.90 Å². The molecule has 0 saturated carbocycles. The average molecular weight is 316 g/mol. The quantitative estimate of drug-likeness (QED) is 0.798. The predicted octanol–water partition coefficient (Wildman–Crippen LogP) is 1.99. The molecule has 1 aromatic carbocycles. The SMILES string of the molecule is O=C(Cc1cccc(F)c1)N1CCOCC1CBr. The molecule has 0 radical (unpaired) electrons. The Balaban J connectivity index is 2.02. The number of carbonyl (C=O) groups excluding carboxylic acids is 1. The molecule has 18 heavy (non-hydrogen) atoms. The molecule has 0 aromatic heterocycles. The Morgan fingerprint density at radius 3 is 3.11 bits per heavy atom. The topological polar surface area (TPSA) is 29.5 Å².